The summed E-state index contributed by atoms with van der Waals surface area (Å²) in [6, 6.07) is 4.14. The molecule has 0 bridgehead atoms. The molecule has 0 saturated carbocycles. The number of aliphatic hydroxyl groups is 1. The zero-order valence-corrected chi connectivity index (χ0v) is 16.1. The molecule has 0 saturated heterocycles. The second-order valence-electron chi connectivity index (χ2n) is 6.85. The molecule has 8 heteroatoms. The first-order valence-corrected chi connectivity index (χ1v) is 9.37. The third kappa shape index (κ3) is 4.71. The number of imidazole rings is 1. The minimum atomic E-state index is -0.420. The van der Waals surface area contributed by atoms with Crippen LogP contribution >= 0.6 is 0 Å². The molecule has 0 fully saturated rings. The molecule has 0 radical (unpaired) electrons. The molecule has 8 nitrogen and oxygen atoms in total. The Morgan fingerprint density at radius 2 is 2.07 bits per heavy atom. The summed E-state index contributed by atoms with van der Waals surface area (Å²) in [5.74, 6) is 1.14. The van der Waals surface area contributed by atoms with Gasteiger partial charge in [-0.25, -0.2) is 4.98 Å². The normalized spacial score (nSPS) is 12.5. The van der Waals surface area contributed by atoms with Crippen molar-refractivity contribution in [1.82, 2.24) is 24.5 Å². The number of nitrogens with zero attached hydrogens (tertiary/aromatic N) is 5. The lowest BCUT2D eigenvalue weighted by molar-refractivity contribution is 0.176. The minimum absolute atomic E-state index is 0.231. The zero-order chi connectivity index (χ0) is 19.2. The van der Waals surface area contributed by atoms with Gasteiger partial charge in [0, 0.05) is 31.5 Å². The van der Waals surface area contributed by atoms with Crippen LogP contribution < -0.4 is 10.6 Å². The number of anilines is 2. The van der Waals surface area contributed by atoms with Gasteiger partial charge in [-0.3, -0.25) is 4.98 Å². The number of aromatic nitrogens is 5. The van der Waals surface area contributed by atoms with Crippen molar-refractivity contribution < 1.29 is 5.11 Å². The quantitative estimate of drug-likeness (QED) is 0.533. The van der Waals surface area contributed by atoms with Crippen molar-refractivity contribution in [3.8, 4) is 0 Å². The Bertz CT molecular complexity index is 863. The van der Waals surface area contributed by atoms with Crippen LogP contribution in [-0.2, 0) is 6.54 Å². The number of aliphatic hydroxyl groups excluding tert-OH is 1. The second-order valence-corrected chi connectivity index (χ2v) is 6.85. The lowest BCUT2D eigenvalue weighted by Gasteiger charge is -2.14. The highest BCUT2D eigenvalue weighted by atomic mass is 16.3. The van der Waals surface area contributed by atoms with Crippen LogP contribution in [0.4, 0.5) is 11.8 Å². The van der Waals surface area contributed by atoms with Gasteiger partial charge in [0.2, 0.25) is 5.95 Å². The summed E-state index contributed by atoms with van der Waals surface area (Å²) >= 11 is 0. The second kappa shape index (κ2) is 8.77. The van der Waals surface area contributed by atoms with E-state index < -0.39 is 6.10 Å². The minimum Gasteiger partial charge on any atom is -0.391 e. The smallest absolute Gasteiger partial charge is 0.226 e. The molecule has 0 aliphatic rings. The lowest BCUT2D eigenvalue weighted by atomic mass is 10.2. The average molecular weight is 369 g/mol. The summed E-state index contributed by atoms with van der Waals surface area (Å²) in [7, 11) is 0. The van der Waals surface area contributed by atoms with E-state index in [4.69, 9.17) is 0 Å². The van der Waals surface area contributed by atoms with Crippen LogP contribution in [0.1, 0.15) is 45.2 Å². The average Bonchev–Trinajstić information content (AvgIpc) is 3.10. The summed E-state index contributed by atoms with van der Waals surface area (Å²) in [5.41, 5.74) is 2.55. The topological polar surface area (TPSA) is 101 Å². The van der Waals surface area contributed by atoms with Gasteiger partial charge in [-0.1, -0.05) is 19.4 Å². The van der Waals surface area contributed by atoms with Crippen molar-refractivity contribution in [2.45, 2.75) is 52.3 Å². The van der Waals surface area contributed by atoms with E-state index in [0.29, 0.717) is 24.9 Å². The fraction of sp³-hybridized carbons (Fsp3) is 0.474. The standard InChI is InChI=1S/C19H27N7O/c1-4-6-15(27)11-22-19-24-17(21-10-14-7-5-8-20-9-14)16-18(25-19)26(12-23-16)13(2)3/h5,7-9,12-13,15,27H,4,6,10-11H2,1-3H3,(H2,21,22,24,25). The summed E-state index contributed by atoms with van der Waals surface area (Å²) in [6.07, 6.45) is 6.61. The first-order chi connectivity index (χ1) is 13.1. The van der Waals surface area contributed by atoms with Crippen molar-refractivity contribution in [3.63, 3.8) is 0 Å². The van der Waals surface area contributed by atoms with Gasteiger partial charge < -0.3 is 20.3 Å². The Labute approximate surface area is 159 Å². The van der Waals surface area contributed by atoms with E-state index in [9.17, 15) is 5.11 Å². The van der Waals surface area contributed by atoms with Crippen molar-refractivity contribution in [1.29, 1.82) is 0 Å². The fourth-order valence-corrected chi connectivity index (χ4v) is 2.83. The van der Waals surface area contributed by atoms with Crippen LogP contribution in [0.5, 0.6) is 0 Å². The van der Waals surface area contributed by atoms with Crippen LogP contribution in [0.15, 0.2) is 30.9 Å². The predicted octanol–water partition coefficient (Wildman–Crippen LogP) is 2.99. The molecule has 3 aromatic rings. The summed E-state index contributed by atoms with van der Waals surface area (Å²) in [6.45, 7) is 7.23. The van der Waals surface area contributed by atoms with Gasteiger partial charge in [0.1, 0.15) is 0 Å². The van der Waals surface area contributed by atoms with E-state index in [-0.39, 0.29) is 6.04 Å². The molecular weight excluding hydrogens is 342 g/mol. The van der Waals surface area contributed by atoms with Gasteiger partial charge in [0.15, 0.2) is 17.0 Å². The van der Waals surface area contributed by atoms with E-state index in [2.05, 4.69) is 44.4 Å². The number of nitrogens with one attached hydrogen (secondary N) is 2. The van der Waals surface area contributed by atoms with Crippen LogP contribution in [0.25, 0.3) is 11.2 Å². The van der Waals surface area contributed by atoms with Gasteiger partial charge in [-0.15, -0.1) is 0 Å². The molecule has 3 N–H and O–H groups in total. The number of rotatable bonds is 9. The Hall–Kier alpha value is -2.74. The van der Waals surface area contributed by atoms with Crippen molar-refractivity contribution in [3.05, 3.63) is 36.4 Å². The van der Waals surface area contributed by atoms with E-state index in [0.717, 1.165) is 29.6 Å². The summed E-state index contributed by atoms with van der Waals surface area (Å²) < 4.78 is 2.01. The highest BCUT2D eigenvalue weighted by molar-refractivity contribution is 5.84. The highest BCUT2D eigenvalue weighted by Gasteiger charge is 2.15. The maximum absolute atomic E-state index is 9.99. The third-order valence-corrected chi connectivity index (χ3v) is 4.28. The number of hydrogen-bond acceptors (Lipinski definition) is 7. The van der Waals surface area contributed by atoms with Gasteiger partial charge in [-0.2, -0.15) is 9.97 Å². The largest absolute Gasteiger partial charge is 0.391 e. The van der Waals surface area contributed by atoms with Crippen molar-refractivity contribution in [2.24, 2.45) is 0 Å². The fourth-order valence-electron chi connectivity index (χ4n) is 2.83. The SMILES string of the molecule is CCCC(O)CNc1nc(NCc2cccnc2)c2ncn(C(C)C)c2n1. The Morgan fingerprint density at radius 3 is 2.78 bits per heavy atom. The van der Waals surface area contributed by atoms with Gasteiger partial charge in [0.05, 0.1) is 12.4 Å². The molecule has 0 aliphatic heterocycles. The summed E-state index contributed by atoms with van der Waals surface area (Å²) in [5, 5.41) is 16.5. The maximum Gasteiger partial charge on any atom is 0.226 e. The number of fused-ring (bicyclic) bond motifs is 1. The monoisotopic (exact) mass is 369 g/mol. The van der Waals surface area contributed by atoms with E-state index >= 15 is 0 Å². The molecule has 0 spiro atoms. The number of hydrogen-bond donors (Lipinski definition) is 3. The maximum atomic E-state index is 9.99. The van der Waals surface area contributed by atoms with Crippen LogP contribution in [0.2, 0.25) is 0 Å². The van der Waals surface area contributed by atoms with Crippen LogP contribution in [0.3, 0.4) is 0 Å². The van der Waals surface area contributed by atoms with Crippen molar-refractivity contribution >= 4 is 22.9 Å². The van der Waals surface area contributed by atoms with E-state index in [1.165, 1.54) is 0 Å². The molecule has 0 aromatic carbocycles. The molecule has 27 heavy (non-hydrogen) atoms. The Balaban J connectivity index is 1.87. The summed E-state index contributed by atoms with van der Waals surface area (Å²) in [4.78, 5) is 17.8. The first kappa shape index (κ1) is 19.0. The van der Waals surface area contributed by atoms with Gasteiger partial charge in [-0.05, 0) is 31.9 Å². The molecule has 144 valence electrons. The number of pyridine rings is 1. The molecular formula is C19H27N7O. The molecule has 3 aromatic heterocycles. The van der Waals surface area contributed by atoms with E-state index in [1.807, 2.05) is 29.8 Å². The van der Waals surface area contributed by atoms with E-state index in [1.54, 1.807) is 12.5 Å². The third-order valence-electron chi connectivity index (χ3n) is 4.28. The molecule has 3 rings (SSSR count). The first-order valence-electron chi connectivity index (χ1n) is 9.37. The predicted molar refractivity (Wildman–Crippen MR) is 107 cm³/mol. The lowest BCUT2D eigenvalue weighted by Crippen LogP contribution is -2.20. The Kier molecular flexibility index (Phi) is 6.18. The van der Waals surface area contributed by atoms with Gasteiger partial charge in [0.25, 0.3) is 0 Å². The molecule has 1 unspecified atom stereocenters. The Morgan fingerprint density at radius 1 is 1.22 bits per heavy atom. The molecule has 0 amide bonds. The molecule has 3 heterocycles. The van der Waals surface area contributed by atoms with Gasteiger partial charge >= 0.3 is 0 Å². The molecule has 0 aliphatic carbocycles. The molecule has 1 atom stereocenters. The van der Waals surface area contributed by atoms with Crippen LogP contribution in [-0.4, -0.2) is 42.3 Å². The van der Waals surface area contributed by atoms with Crippen LogP contribution in [0, 0.1) is 0 Å². The highest BCUT2D eigenvalue weighted by Crippen LogP contribution is 2.23. The van der Waals surface area contributed by atoms with Crippen molar-refractivity contribution in [2.75, 3.05) is 17.2 Å². The zero-order valence-electron chi connectivity index (χ0n) is 16.1.